The molecule has 4 rings (SSSR count). The number of carbonyl (C=O) groups is 1. The van der Waals surface area contributed by atoms with Crippen LogP contribution in [0.25, 0.3) is 11.4 Å². The number of rotatable bonds is 8. The van der Waals surface area contributed by atoms with Crippen LogP contribution in [0.15, 0.2) is 90.1 Å². The van der Waals surface area contributed by atoms with E-state index < -0.39 is 0 Å². The van der Waals surface area contributed by atoms with E-state index in [-0.39, 0.29) is 17.7 Å². The largest absolute Gasteiger partial charge is 0.344 e. The predicted octanol–water partition coefficient (Wildman–Crippen LogP) is 5.03. The van der Waals surface area contributed by atoms with Gasteiger partial charge in [0.25, 0.3) is 0 Å². The van der Waals surface area contributed by atoms with Gasteiger partial charge in [-0.1, -0.05) is 104 Å². The van der Waals surface area contributed by atoms with Crippen molar-refractivity contribution >= 4 is 17.7 Å². The van der Waals surface area contributed by atoms with E-state index in [0.717, 1.165) is 23.1 Å². The average Bonchev–Trinajstić information content (AvgIpc) is 3.31. The summed E-state index contributed by atoms with van der Waals surface area (Å²) in [6.07, 6.45) is 1.000. The lowest BCUT2D eigenvalue weighted by molar-refractivity contribution is -0.119. The summed E-state index contributed by atoms with van der Waals surface area (Å²) >= 11 is 1.32. The monoisotopic (exact) mass is 428 g/mol. The Labute approximate surface area is 186 Å². The first-order valence-electron chi connectivity index (χ1n) is 10.3. The van der Waals surface area contributed by atoms with Gasteiger partial charge in [0.2, 0.25) is 11.1 Å². The summed E-state index contributed by atoms with van der Waals surface area (Å²) in [7, 11) is 0. The van der Waals surface area contributed by atoms with Gasteiger partial charge in [-0.2, -0.15) is 0 Å². The lowest BCUT2D eigenvalue weighted by atomic mass is 9.99. The Morgan fingerprint density at radius 2 is 1.55 bits per heavy atom. The molecule has 0 radical (unpaired) electrons. The van der Waals surface area contributed by atoms with Gasteiger partial charge in [0.15, 0.2) is 5.82 Å². The fourth-order valence-corrected chi connectivity index (χ4v) is 3.93. The zero-order valence-electron chi connectivity index (χ0n) is 17.3. The molecular formula is C25H24N4OS. The van der Waals surface area contributed by atoms with E-state index in [4.69, 9.17) is 0 Å². The summed E-state index contributed by atoms with van der Waals surface area (Å²) in [5, 5.41) is 10.9. The second kappa shape index (κ2) is 10.1. The van der Waals surface area contributed by atoms with E-state index in [1.807, 2.05) is 72.8 Å². The molecule has 1 amide bonds. The molecule has 156 valence electrons. The maximum absolute atomic E-state index is 12.7. The van der Waals surface area contributed by atoms with Crippen molar-refractivity contribution in [1.82, 2.24) is 20.5 Å². The van der Waals surface area contributed by atoms with Crippen molar-refractivity contribution in [2.75, 3.05) is 5.75 Å². The van der Waals surface area contributed by atoms with Crippen molar-refractivity contribution in [2.45, 2.75) is 24.5 Å². The zero-order chi connectivity index (χ0) is 21.5. The minimum absolute atomic E-state index is 0.0682. The highest BCUT2D eigenvalue weighted by molar-refractivity contribution is 7.99. The van der Waals surface area contributed by atoms with E-state index in [1.54, 1.807) is 0 Å². The number of benzene rings is 3. The first kappa shape index (κ1) is 20.9. The number of hydrogen-bond donors (Lipinski definition) is 2. The van der Waals surface area contributed by atoms with Crippen molar-refractivity contribution in [3.8, 4) is 11.4 Å². The molecule has 0 fully saturated rings. The van der Waals surface area contributed by atoms with Crippen molar-refractivity contribution in [3.63, 3.8) is 0 Å². The molecule has 1 heterocycles. The molecule has 0 spiro atoms. The summed E-state index contributed by atoms with van der Waals surface area (Å²) in [5.41, 5.74) is 4.35. The lowest BCUT2D eigenvalue weighted by Gasteiger charge is -2.19. The van der Waals surface area contributed by atoms with E-state index in [2.05, 4.69) is 39.6 Å². The molecule has 5 nitrogen and oxygen atoms in total. The normalized spacial score (nSPS) is 10.9. The smallest absolute Gasteiger partial charge is 0.231 e. The Kier molecular flexibility index (Phi) is 6.79. The van der Waals surface area contributed by atoms with Crippen LogP contribution in [-0.4, -0.2) is 26.8 Å². The summed E-state index contributed by atoms with van der Waals surface area (Å²) < 4.78 is 0. The number of nitrogens with one attached hydrogen (secondary N) is 2. The average molecular weight is 429 g/mol. The van der Waals surface area contributed by atoms with Gasteiger partial charge in [0.05, 0.1) is 11.8 Å². The number of thioether (sulfide) groups is 1. The third-order valence-electron chi connectivity index (χ3n) is 5.00. The minimum atomic E-state index is -0.199. The molecule has 1 aromatic heterocycles. The summed E-state index contributed by atoms with van der Waals surface area (Å²) in [6.45, 7) is 2.13. The molecule has 3 aromatic carbocycles. The highest BCUT2D eigenvalue weighted by atomic mass is 32.2. The van der Waals surface area contributed by atoms with E-state index in [1.165, 1.54) is 17.3 Å². The van der Waals surface area contributed by atoms with Gasteiger partial charge in [-0.3, -0.25) is 9.89 Å². The topological polar surface area (TPSA) is 70.7 Å². The van der Waals surface area contributed by atoms with Crippen LogP contribution < -0.4 is 5.32 Å². The van der Waals surface area contributed by atoms with Crippen LogP contribution in [0.1, 0.15) is 29.7 Å². The van der Waals surface area contributed by atoms with Crippen molar-refractivity contribution < 1.29 is 4.79 Å². The number of carbonyl (C=O) groups excluding carboxylic acids is 1. The van der Waals surface area contributed by atoms with Gasteiger partial charge >= 0.3 is 0 Å². The molecule has 0 bridgehead atoms. The Bertz CT molecular complexity index is 1070. The Balaban J connectivity index is 1.40. The van der Waals surface area contributed by atoms with E-state index in [0.29, 0.717) is 11.0 Å². The van der Waals surface area contributed by atoms with E-state index in [9.17, 15) is 4.79 Å². The van der Waals surface area contributed by atoms with Crippen LogP contribution in [0, 0.1) is 0 Å². The van der Waals surface area contributed by atoms with Gasteiger partial charge in [0.1, 0.15) is 0 Å². The number of aromatic nitrogens is 3. The predicted molar refractivity (Wildman–Crippen MR) is 125 cm³/mol. The van der Waals surface area contributed by atoms with Gasteiger partial charge in [-0.15, -0.1) is 5.10 Å². The maximum Gasteiger partial charge on any atom is 0.231 e. The molecule has 0 saturated heterocycles. The number of amides is 1. The molecule has 0 saturated carbocycles. The number of aromatic amines is 1. The number of nitrogens with zero attached hydrogens (tertiary/aromatic N) is 2. The molecule has 31 heavy (non-hydrogen) atoms. The van der Waals surface area contributed by atoms with Crippen LogP contribution in [0.5, 0.6) is 0 Å². The molecule has 0 atom stereocenters. The van der Waals surface area contributed by atoms with Gasteiger partial charge in [-0.25, -0.2) is 4.98 Å². The Morgan fingerprint density at radius 3 is 2.13 bits per heavy atom. The molecule has 0 aliphatic carbocycles. The summed E-state index contributed by atoms with van der Waals surface area (Å²) in [5.74, 6) is 0.876. The van der Waals surface area contributed by atoms with Gasteiger partial charge < -0.3 is 5.32 Å². The molecule has 0 aliphatic rings. The second-order valence-electron chi connectivity index (χ2n) is 7.13. The second-order valence-corrected chi connectivity index (χ2v) is 8.07. The fraction of sp³-hybridized carbons (Fsp3) is 0.160. The minimum Gasteiger partial charge on any atom is -0.344 e. The molecule has 0 aliphatic heterocycles. The number of hydrogen-bond acceptors (Lipinski definition) is 4. The van der Waals surface area contributed by atoms with Crippen LogP contribution in [0.4, 0.5) is 0 Å². The van der Waals surface area contributed by atoms with Crippen molar-refractivity contribution in [2.24, 2.45) is 0 Å². The third kappa shape index (κ3) is 5.41. The third-order valence-corrected chi connectivity index (χ3v) is 5.85. The van der Waals surface area contributed by atoms with Crippen LogP contribution in [0.2, 0.25) is 0 Å². The number of H-pyrrole nitrogens is 1. The highest BCUT2D eigenvalue weighted by Gasteiger charge is 2.17. The first-order chi connectivity index (χ1) is 15.2. The molecule has 0 unspecified atom stereocenters. The summed E-state index contributed by atoms with van der Waals surface area (Å²) in [4.78, 5) is 17.2. The van der Waals surface area contributed by atoms with Crippen LogP contribution >= 0.6 is 11.8 Å². The summed E-state index contributed by atoms with van der Waals surface area (Å²) in [6, 6.07) is 28.0. The zero-order valence-corrected chi connectivity index (χ0v) is 18.1. The maximum atomic E-state index is 12.7. The van der Waals surface area contributed by atoms with Gasteiger partial charge in [0, 0.05) is 5.56 Å². The molecule has 2 N–H and O–H groups in total. The van der Waals surface area contributed by atoms with Gasteiger partial charge in [-0.05, 0) is 23.1 Å². The Morgan fingerprint density at radius 1 is 0.935 bits per heavy atom. The molecule has 6 heteroatoms. The van der Waals surface area contributed by atoms with Crippen molar-refractivity contribution in [1.29, 1.82) is 0 Å². The Hall–Kier alpha value is -3.38. The molecule has 4 aromatic rings. The first-order valence-corrected chi connectivity index (χ1v) is 11.2. The van der Waals surface area contributed by atoms with Crippen LogP contribution in [0.3, 0.4) is 0 Å². The van der Waals surface area contributed by atoms with Crippen LogP contribution in [-0.2, 0) is 11.2 Å². The van der Waals surface area contributed by atoms with E-state index >= 15 is 0 Å². The highest BCUT2D eigenvalue weighted by Crippen LogP contribution is 2.23. The lowest BCUT2D eigenvalue weighted by Crippen LogP contribution is -2.30. The SMILES string of the molecule is CCc1ccc(-c2nc(SCC(=O)NC(c3ccccc3)c3ccccc3)n[nH]2)cc1. The quantitative estimate of drug-likeness (QED) is 0.386. The standard InChI is InChI=1S/C25H24N4OS/c1-2-18-13-15-21(16-14-18)24-27-25(29-28-24)31-17-22(30)26-23(19-9-5-3-6-10-19)20-11-7-4-8-12-20/h3-16,23H,2,17H2,1H3,(H,26,30)(H,27,28,29). The molecular weight excluding hydrogens is 404 g/mol. The number of aryl methyl sites for hydroxylation is 1. The van der Waals surface area contributed by atoms with Crippen molar-refractivity contribution in [3.05, 3.63) is 102 Å². The fourth-order valence-electron chi connectivity index (χ4n) is 3.32.